The van der Waals surface area contributed by atoms with E-state index in [0.717, 1.165) is 50.1 Å². The molecule has 2 aliphatic rings. The number of rotatable bonds is 4. The van der Waals surface area contributed by atoms with E-state index in [0.29, 0.717) is 28.8 Å². The number of fused-ring (bicyclic) bond motifs is 11. The fourth-order valence-corrected chi connectivity index (χ4v) is 8.84. The highest BCUT2D eigenvalue weighted by Gasteiger charge is 2.52. The summed E-state index contributed by atoms with van der Waals surface area (Å²) in [7, 11) is 0. The summed E-state index contributed by atoms with van der Waals surface area (Å²) < 4.78 is 6.61. The molecule has 0 fully saturated rings. The van der Waals surface area contributed by atoms with Crippen molar-refractivity contribution in [3.05, 3.63) is 210 Å². The molecule has 0 amide bonds. The zero-order valence-corrected chi connectivity index (χ0v) is 30.0. The van der Waals surface area contributed by atoms with E-state index in [1.54, 1.807) is 0 Å². The third-order valence-corrected chi connectivity index (χ3v) is 11.2. The maximum absolute atomic E-state index is 10.3. The van der Waals surface area contributed by atoms with Gasteiger partial charge in [-0.1, -0.05) is 164 Å². The Balaban J connectivity index is 1.13. The SMILES string of the molecule is N#Cc1cccc2c1Oc1ccccc1C21c2ccccc2-c2c1cc(-c1ccc(-c3nc(-c4ccccc4)nc(-c4ccccc4)n3)cc1)c1ccccc21. The Kier molecular flexibility index (Phi) is 7.07. The molecule has 1 aliphatic carbocycles. The van der Waals surface area contributed by atoms with Crippen molar-refractivity contribution in [1.29, 1.82) is 5.26 Å². The first kappa shape index (κ1) is 31.8. The summed E-state index contributed by atoms with van der Waals surface area (Å²) in [6.07, 6.45) is 0. The Morgan fingerprint density at radius 3 is 1.64 bits per heavy atom. The zero-order valence-electron chi connectivity index (χ0n) is 30.0. The fraction of sp³-hybridized carbons (Fsp3) is 0.0196. The number of para-hydroxylation sites is 2. The van der Waals surface area contributed by atoms with E-state index in [-0.39, 0.29) is 0 Å². The van der Waals surface area contributed by atoms with Gasteiger partial charge in [-0.25, -0.2) is 15.0 Å². The van der Waals surface area contributed by atoms with Gasteiger partial charge >= 0.3 is 0 Å². The minimum atomic E-state index is -0.714. The Hall–Kier alpha value is -7.68. The molecule has 5 heteroatoms. The summed E-state index contributed by atoms with van der Waals surface area (Å²) in [6, 6.07) is 65.1. The van der Waals surface area contributed by atoms with E-state index in [1.165, 1.54) is 27.6 Å². The molecule has 0 saturated heterocycles. The summed E-state index contributed by atoms with van der Waals surface area (Å²) >= 11 is 0. The summed E-state index contributed by atoms with van der Waals surface area (Å²) in [6.45, 7) is 0. The van der Waals surface area contributed by atoms with Crippen LogP contribution in [0.1, 0.15) is 27.8 Å². The van der Waals surface area contributed by atoms with Crippen molar-refractivity contribution in [2.24, 2.45) is 0 Å². The van der Waals surface area contributed by atoms with Gasteiger partial charge < -0.3 is 4.74 Å². The summed E-state index contributed by atoms with van der Waals surface area (Å²) in [5, 5.41) is 12.6. The highest BCUT2D eigenvalue weighted by molar-refractivity contribution is 6.10. The first-order chi connectivity index (χ1) is 27.7. The van der Waals surface area contributed by atoms with Gasteiger partial charge in [0.25, 0.3) is 0 Å². The Bertz CT molecular complexity index is 3000. The minimum absolute atomic E-state index is 0.517. The fourth-order valence-electron chi connectivity index (χ4n) is 8.84. The first-order valence-corrected chi connectivity index (χ1v) is 18.7. The van der Waals surface area contributed by atoms with Crippen LogP contribution in [0, 0.1) is 11.3 Å². The van der Waals surface area contributed by atoms with Crippen LogP contribution in [0.5, 0.6) is 11.5 Å². The van der Waals surface area contributed by atoms with E-state index in [1.807, 2.05) is 84.9 Å². The second kappa shape index (κ2) is 12.4. The predicted molar refractivity (Wildman–Crippen MR) is 221 cm³/mol. The van der Waals surface area contributed by atoms with Crippen LogP contribution in [0.2, 0.25) is 0 Å². The average molecular weight is 715 g/mol. The first-order valence-electron chi connectivity index (χ1n) is 18.7. The Morgan fingerprint density at radius 1 is 0.429 bits per heavy atom. The van der Waals surface area contributed by atoms with Crippen molar-refractivity contribution < 1.29 is 4.74 Å². The Morgan fingerprint density at radius 2 is 0.964 bits per heavy atom. The van der Waals surface area contributed by atoms with E-state index >= 15 is 0 Å². The zero-order chi connectivity index (χ0) is 37.2. The smallest absolute Gasteiger partial charge is 0.164 e. The standard InChI is InChI=1S/C51H30N4O/c52-31-36-18-13-24-43-47(36)56-45-25-12-11-23-42(45)51(43)41-22-10-9-21-39(41)46-38-20-8-7-19-37(38)40(30-44(46)51)32-26-28-35(29-27-32)50-54-48(33-14-3-1-4-15-33)53-49(55-50)34-16-5-2-6-17-34/h1-30H. The van der Waals surface area contributed by atoms with Crippen LogP contribution < -0.4 is 4.74 Å². The van der Waals surface area contributed by atoms with E-state index in [9.17, 15) is 5.26 Å². The molecule has 9 aromatic rings. The lowest BCUT2D eigenvalue weighted by atomic mass is 9.65. The van der Waals surface area contributed by atoms with Gasteiger partial charge in [0, 0.05) is 27.8 Å². The predicted octanol–water partition coefficient (Wildman–Crippen LogP) is 12.0. The van der Waals surface area contributed by atoms with Crippen LogP contribution in [0.3, 0.4) is 0 Å². The second-order valence-electron chi connectivity index (χ2n) is 14.2. The quantitative estimate of drug-likeness (QED) is 0.181. The van der Waals surface area contributed by atoms with Crippen molar-refractivity contribution in [3.8, 4) is 74.0 Å². The number of hydrogen-bond acceptors (Lipinski definition) is 5. The summed E-state index contributed by atoms with van der Waals surface area (Å²) in [5.41, 5.74) is 11.5. The summed E-state index contributed by atoms with van der Waals surface area (Å²) in [5.74, 6) is 3.24. The van der Waals surface area contributed by atoms with Crippen LogP contribution in [0.4, 0.5) is 0 Å². The molecule has 0 bridgehead atoms. The molecule has 2 heterocycles. The van der Waals surface area contributed by atoms with Crippen molar-refractivity contribution in [2.75, 3.05) is 0 Å². The van der Waals surface area contributed by atoms with E-state index in [4.69, 9.17) is 19.7 Å². The number of hydrogen-bond donors (Lipinski definition) is 0. The van der Waals surface area contributed by atoms with Crippen LogP contribution in [0.15, 0.2) is 182 Å². The van der Waals surface area contributed by atoms with E-state index in [2.05, 4.69) is 103 Å². The molecule has 0 saturated carbocycles. The van der Waals surface area contributed by atoms with E-state index < -0.39 is 5.41 Å². The molecule has 0 N–H and O–H groups in total. The number of benzene rings is 8. The monoisotopic (exact) mass is 714 g/mol. The third kappa shape index (κ3) is 4.63. The molecule has 11 rings (SSSR count). The number of ether oxygens (including phenoxy) is 1. The van der Waals surface area contributed by atoms with Gasteiger partial charge in [0.15, 0.2) is 17.5 Å². The second-order valence-corrected chi connectivity index (χ2v) is 14.2. The Labute approximate surface area is 323 Å². The molecule has 8 aromatic carbocycles. The maximum atomic E-state index is 10.3. The number of nitrogens with zero attached hydrogens (tertiary/aromatic N) is 4. The molecular weight excluding hydrogens is 685 g/mol. The lowest BCUT2D eigenvalue weighted by molar-refractivity contribution is 0.435. The average Bonchev–Trinajstić information content (AvgIpc) is 3.57. The molecule has 1 atom stereocenters. The van der Waals surface area contributed by atoms with Gasteiger partial charge in [-0.15, -0.1) is 0 Å². The largest absolute Gasteiger partial charge is 0.455 e. The van der Waals surface area contributed by atoms with Gasteiger partial charge in [-0.3, -0.25) is 0 Å². The summed E-state index contributed by atoms with van der Waals surface area (Å²) in [4.78, 5) is 14.8. The molecule has 1 spiro atoms. The molecule has 1 aliphatic heterocycles. The molecule has 0 radical (unpaired) electrons. The molecule has 1 unspecified atom stereocenters. The van der Waals surface area contributed by atoms with Crippen LogP contribution in [-0.2, 0) is 5.41 Å². The van der Waals surface area contributed by atoms with Gasteiger partial charge in [-0.05, 0) is 62.4 Å². The molecule has 1 aromatic heterocycles. The van der Waals surface area contributed by atoms with Crippen LogP contribution in [-0.4, -0.2) is 15.0 Å². The number of aromatic nitrogens is 3. The van der Waals surface area contributed by atoms with Gasteiger partial charge in [0.05, 0.1) is 11.0 Å². The third-order valence-electron chi connectivity index (χ3n) is 11.2. The lowest BCUT2D eigenvalue weighted by Gasteiger charge is -2.39. The van der Waals surface area contributed by atoms with Gasteiger partial charge in [0.1, 0.15) is 17.6 Å². The highest BCUT2D eigenvalue weighted by atomic mass is 16.5. The van der Waals surface area contributed by atoms with Crippen LogP contribution in [0.25, 0.3) is 67.2 Å². The molecular formula is C51H30N4O. The maximum Gasteiger partial charge on any atom is 0.164 e. The molecule has 260 valence electrons. The number of nitriles is 1. The lowest BCUT2D eigenvalue weighted by Crippen LogP contribution is -2.32. The highest BCUT2D eigenvalue weighted by Crippen LogP contribution is 2.64. The molecule has 5 nitrogen and oxygen atoms in total. The van der Waals surface area contributed by atoms with Crippen LogP contribution >= 0.6 is 0 Å². The van der Waals surface area contributed by atoms with Crippen molar-refractivity contribution >= 4 is 10.8 Å². The minimum Gasteiger partial charge on any atom is -0.455 e. The van der Waals surface area contributed by atoms with Gasteiger partial charge in [-0.2, -0.15) is 5.26 Å². The van der Waals surface area contributed by atoms with Crippen molar-refractivity contribution in [1.82, 2.24) is 15.0 Å². The van der Waals surface area contributed by atoms with Gasteiger partial charge in [0.2, 0.25) is 0 Å². The van der Waals surface area contributed by atoms with Crippen molar-refractivity contribution in [3.63, 3.8) is 0 Å². The topological polar surface area (TPSA) is 71.7 Å². The molecule has 56 heavy (non-hydrogen) atoms. The van der Waals surface area contributed by atoms with Crippen molar-refractivity contribution in [2.45, 2.75) is 5.41 Å². The normalized spacial score (nSPS) is 14.6.